The van der Waals surface area contributed by atoms with Crippen LogP contribution in [0.25, 0.3) is 0 Å². The molecule has 2 N–H and O–H groups in total. The van der Waals surface area contributed by atoms with E-state index in [4.69, 9.17) is 5.73 Å². The van der Waals surface area contributed by atoms with Crippen LogP contribution in [0.3, 0.4) is 0 Å². The molecule has 98 valence electrons. The summed E-state index contributed by atoms with van der Waals surface area (Å²) < 4.78 is 27.1. The van der Waals surface area contributed by atoms with E-state index >= 15 is 0 Å². The zero-order chi connectivity index (χ0) is 11.8. The lowest BCUT2D eigenvalue weighted by molar-refractivity contribution is 0.320. The van der Waals surface area contributed by atoms with Gasteiger partial charge in [-0.05, 0) is 40.9 Å². The third kappa shape index (κ3) is 3.42. The highest BCUT2D eigenvalue weighted by molar-refractivity contribution is 9.11. The molecule has 1 aromatic heterocycles. The van der Waals surface area contributed by atoms with Gasteiger partial charge in [-0.1, -0.05) is 0 Å². The number of rotatable bonds is 2. The van der Waals surface area contributed by atoms with Gasteiger partial charge < -0.3 is 5.73 Å². The Hall–Kier alpha value is 0.340. The second-order valence-corrected chi connectivity index (χ2v) is 8.43. The molecule has 4 nitrogen and oxygen atoms in total. The average Bonchev–Trinajstić information content (AvgIpc) is 2.66. The summed E-state index contributed by atoms with van der Waals surface area (Å²) in [5.74, 6) is 0. The molecule has 0 radical (unpaired) electrons. The maximum atomic E-state index is 12.2. The van der Waals surface area contributed by atoms with E-state index in [1.54, 1.807) is 12.1 Å². The molecule has 1 aliphatic rings. The zero-order valence-electron chi connectivity index (χ0n) is 9.00. The fraction of sp³-hybridized carbons (Fsp3) is 0.556. The molecule has 1 aliphatic heterocycles. The molecular weight excluding hydrogens is 348 g/mol. The minimum Gasteiger partial charge on any atom is -0.328 e. The molecule has 0 bridgehead atoms. The van der Waals surface area contributed by atoms with Crippen LogP contribution in [0.15, 0.2) is 20.1 Å². The highest BCUT2D eigenvalue weighted by atomic mass is 79.9. The van der Waals surface area contributed by atoms with Gasteiger partial charge in [-0.15, -0.1) is 23.7 Å². The standard InChI is InChI=1S/C9H13BrN2O2S2.ClH/c10-8-1-2-9(15-8)16(13,14)12-5-3-7(11)4-6-12;/h1-2,7H,3-6,11H2;1H. The van der Waals surface area contributed by atoms with Crippen LogP contribution in [0.1, 0.15) is 12.8 Å². The van der Waals surface area contributed by atoms with Gasteiger partial charge in [-0.3, -0.25) is 0 Å². The summed E-state index contributed by atoms with van der Waals surface area (Å²) in [6.07, 6.45) is 1.48. The molecule has 0 aliphatic carbocycles. The predicted octanol–water partition coefficient (Wildman–Crippen LogP) is 2.04. The van der Waals surface area contributed by atoms with E-state index in [2.05, 4.69) is 15.9 Å². The van der Waals surface area contributed by atoms with Crippen molar-refractivity contribution in [3.63, 3.8) is 0 Å². The lowest BCUT2D eigenvalue weighted by Gasteiger charge is -2.28. The highest BCUT2D eigenvalue weighted by Gasteiger charge is 2.29. The molecule has 0 aromatic carbocycles. The van der Waals surface area contributed by atoms with Crippen LogP contribution in [-0.4, -0.2) is 31.9 Å². The van der Waals surface area contributed by atoms with Crippen molar-refractivity contribution in [2.45, 2.75) is 23.1 Å². The van der Waals surface area contributed by atoms with E-state index in [-0.39, 0.29) is 18.4 Å². The number of nitrogens with zero attached hydrogens (tertiary/aromatic N) is 1. The van der Waals surface area contributed by atoms with Gasteiger partial charge in [0.1, 0.15) is 4.21 Å². The van der Waals surface area contributed by atoms with Gasteiger partial charge in [-0.25, -0.2) is 8.42 Å². The van der Waals surface area contributed by atoms with Crippen molar-refractivity contribution in [3.8, 4) is 0 Å². The molecule has 8 heteroatoms. The van der Waals surface area contributed by atoms with Crippen LogP contribution < -0.4 is 5.73 Å². The summed E-state index contributed by atoms with van der Waals surface area (Å²) >= 11 is 4.52. The molecule has 17 heavy (non-hydrogen) atoms. The van der Waals surface area contributed by atoms with Gasteiger partial charge in [0.05, 0.1) is 3.79 Å². The molecular formula is C9H14BrClN2O2S2. The van der Waals surface area contributed by atoms with Crippen molar-refractivity contribution in [3.05, 3.63) is 15.9 Å². The average molecular weight is 362 g/mol. The first-order chi connectivity index (χ1) is 7.50. The largest absolute Gasteiger partial charge is 0.328 e. The Kier molecular flexibility index (Phi) is 5.42. The SMILES string of the molecule is Cl.NC1CCN(S(=O)(=O)c2ccc(Br)s2)CC1. The number of nitrogens with two attached hydrogens (primary N) is 1. The zero-order valence-corrected chi connectivity index (χ0v) is 13.0. The molecule has 0 atom stereocenters. The van der Waals surface area contributed by atoms with Crippen molar-refractivity contribution >= 4 is 49.7 Å². The minimum atomic E-state index is -3.30. The minimum absolute atomic E-state index is 0. The summed E-state index contributed by atoms with van der Waals surface area (Å²) in [7, 11) is -3.30. The maximum Gasteiger partial charge on any atom is 0.252 e. The van der Waals surface area contributed by atoms with Crippen molar-refractivity contribution in [2.24, 2.45) is 5.73 Å². The first-order valence-electron chi connectivity index (χ1n) is 5.01. The summed E-state index contributed by atoms with van der Waals surface area (Å²) in [5, 5.41) is 0. The third-order valence-corrected chi connectivity index (χ3v) is 6.63. The van der Waals surface area contributed by atoms with E-state index in [0.717, 1.165) is 16.6 Å². The Morgan fingerprint density at radius 3 is 2.41 bits per heavy atom. The van der Waals surface area contributed by atoms with Crippen molar-refractivity contribution < 1.29 is 8.42 Å². The van der Waals surface area contributed by atoms with Gasteiger partial charge in [0, 0.05) is 19.1 Å². The molecule has 0 saturated carbocycles. The van der Waals surface area contributed by atoms with E-state index in [9.17, 15) is 8.42 Å². The highest BCUT2D eigenvalue weighted by Crippen LogP contribution is 2.29. The fourth-order valence-corrected chi connectivity index (χ4v) is 5.31. The Labute approximate surface area is 120 Å². The Balaban J connectivity index is 0.00000144. The van der Waals surface area contributed by atoms with Crippen molar-refractivity contribution in [1.29, 1.82) is 0 Å². The summed E-state index contributed by atoms with van der Waals surface area (Å²) in [5.41, 5.74) is 5.76. The number of sulfonamides is 1. The van der Waals surface area contributed by atoms with E-state index < -0.39 is 10.0 Å². The van der Waals surface area contributed by atoms with Crippen LogP contribution in [0, 0.1) is 0 Å². The van der Waals surface area contributed by atoms with Gasteiger partial charge in [0.2, 0.25) is 0 Å². The number of hydrogen-bond donors (Lipinski definition) is 1. The fourth-order valence-electron chi connectivity index (χ4n) is 1.68. The smallest absolute Gasteiger partial charge is 0.252 e. The molecule has 1 saturated heterocycles. The van der Waals surface area contributed by atoms with E-state index in [1.165, 1.54) is 15.6 Å². The third-order valence-electron chi connectivity index (χ3n) is 2.64. The van der Waals surface area contributed by atoms with Gasteiger partial charge in [0.15, 0.2) is 0 Å². The first-order valence-corrected chi connectivity index (χ1v) is 8.06. The molecule has 0 unspecified atom stereocenters. The Bertz CT molecular complexity index is 469. The predicted molar refractivity (Wildman–Crippen MR) is 75.2 cm³/mol. The lowest BCUT2D eigenvalue weighted by Crippen LogP contribution is -2.42. The van der Waals surface area contributed by atoms with Crippen LogP contribution >= 0.6 is 39.7 Å². The Morgan fingerprint density at radius 1 is 1.35 bits per heavy atom. The number of piperidine rings is 1. The van der Waals surface area contributed by atoms with Crippen molar-refractivity contribution in [1.82, 2.24) is 4.31 Å². The summed E-state index contributed by atoms with van der Waals surface area (Å²) in [4.78, 5) is 0. The van der Waals surface area contributed by atoms with Crippen LogP contribution in [-0.2, 0) is 10.0 Å². The molecule has 1 aromatic rings. The van der Waals surface area contributed by atoms with E-state index in [1.807, 2.05) is 0 Å². The van der Waals surface area contributed by atoms with Crippen LogP contribution in [0.5, 0.6) is 0 Å². The number of halogens is 2. The number of thiophene rings is 1. The normalized spacial score (nSPS) is 18.9. The van der Waals surface area contributed by atoms with Gasteiger partial charge >= 0.3 is 0 Å². The first kappa shape index (κ1) is 15.4. The molecule has 2 rings (SSSR count). The summed E-state index contributed by atoms with van der Waals surface area (Å²) in [6, 6.07) is 3.53. The van der Waals surface area contributed by atoms with Crippen LogP contribution in [0.2, 0.25) is 0 Å². The van der Waals surface area contributed by atoms with Gasteiger partial charge in [-0.2, -0.15) is 4.31 Å². The monoisotopic (exact) mass is 360 g/mol. The van der Waals surface area contributed by atoms with Crippen molar-refractivity contribution in [2.75, 3.05) is 13.1 Å². The molecule has 0 amide bonds. The van der Waals surface area contributed by atoms with E-state index in [0.29, 0.717) is 17.3 Å². The quantitative estimate of drug-likeness (QED) is 0.877. The second-order valence-electron chi connectivity index (χ2n) is 3.80. The topological polar surface area (TPSA) is 63.4 Å². The lowest BCUT2D eigenvalue weighted by atomic mass is 10.1. The molecule has 0 spiro atoms. The number of hydrogen-bond acceptors (Lipinski definition) is 4. The molecule has 1 fully saturated rings. The van der Waals surface area contributed by atoms with Crippen LogP contribution in [0.4, 0.5) is 0 Å². The maximum absolute atomic E-state index is 12.2. The second kappa shape index (κ2) is 5.99. The molecule has 2 heterocycles. The Morgan fingerprint density at radius 2 is 1.94 bits per heavy atom. The summed E-state index contributed by atoms with van der Waals surface area (Å²) in [6.45, 7) is 1.05. The van der Waals surface area contributed by atoms with Gasteiger partial charge in [0.25, 0.3) is 10.0 Å².